The highest BCUT2D eigenvalue weighted by molar-refractivity contribution is 7.89. The molecule has 0 N–H and O–H groups in total. The van der Waals surface area contributed by atoms with Crippen LogP contribution in [0.3, 0.4) is 0 Å². The molecule has 2 heterocycles. The van der Waals surface area contributed by atoms with Crippen molar-refractivity contribution in [3.63, 3.8) is 0 Å². The average Bonchev–Trinajstić information content (AvgIpc) is 3.30. The molecule has 0 saturated carbocycles. The van der Waals surface area contributed by atoms with Gasteiger partial charge in [-0.15, -0.1) is 0 Å². The Balaban J connectivity index is 1.54. The number of hydrogen-bond acceptors (Lipinski definition) is 4. The van der Waals surface area contributed by atoms with E-state index in [2.05, 4.69) is 0 Å². The van der Waals surface area contributed by atoms with E-state index in [9.17, 15) is 13.2 Å². The number of carbonyl (C=O) groups is 1. The van der Waals surface area contributed by atoms with Crippen molar-refractivity contribution >= 4 is 21.6 Å². The molecule has 0 aromatic heterocycles. The molecule has 0 radical (unpaired) electrons. The third kappa shape index (κ3) is 4.09. The molecular weight excluding hydrogens is 400 g/mol. The molecule has 1 atom stereocenters. The Labute approximate surface area is 178 Å². The topological polar surface area (TPSA) is 66.9 Å². The first-order chi connectivity index (χ1) is 14.4. The quantitative estimate of drug-likeness (QED) is 0.731. The minimum atomic E-state index is -3.47. The Bertz CT molecular complexity index is 1030. The summed E-state index contributed by atoms with van der Waals surface area (Å²) in [5.41, 5.74) is 2.81. The highest BCUT2D eigenvalue weighted by Crippen LogP contribution is 2.32. The Morgan fingerprint density at radius 3 is 2.40 bits per heavy atom. The van der Waals surface area contributed by atoms with Gasteiger partial charge in [-0.3, -0.25) is 4.79 Å². The Kier molecular flexibility index (Phi) is 5.84. The number of anilines is 1. The molecule has 1 amide bonds. The SMILES string of the molecule is Cc1ccc(O[C@H](C)C(=O)N2CCCc3cc(S(=O)(=O)N4CCCC4)ccc32)cc1. The summed E-state index contributed by atoms with van der Waals surface area (Å²) in [7, 11) is -3.47. The second kappa shape index (κ2) is 8.40. The zero-order valence-electron chi connectivity index (χ0n) is 17.5. The van der Waals surface area contributed by atoms with Gasteiger partial charge in [0.15, 0.2) is 6.10 Å². The van der Waals surface area contributed by atoms with Crippen molar-refractivity contribution in [2.75, 3.05) is 24.5 Å². The van der Waals surface area contributed by atoms with Crippen LogP contribution in [0.1, 0.15) is 37.3 Å². The van der Waals surface area contributed by atoms with Crippen LogP contribution in [0.5, 0.6) is 5.75 Å². The van der Waals surface area contributed by atoms with Gasteiger partial charge < -0.3 is 9.64 Å². The summed E-state index contributed by atoms with van der Waals surface area (Å²) in [5.74, 6) is 0.539. The van der Waals surface area contributed by atoms with E-state index < -0.39 is 16.1 Å². The minimum absolute atomic E-state index is 0.119. The molecule has 0 bridgehead atoms. The second-order valence-electron chi connectivity index (χ2n) is 8.07. The summed E-state index contributed by atoms with van der Waals surface area (Å²) < 4.78 is 33.2. The number of ether oxygens (including phenoxy) is 1. The van der Waals surface area contributed by atoms with Crippen molar-refractivity contribution in [1.29, 1.82) is 0 Å². The minimum Gasteiger partial charge on any atom is -0.481 e. The molecule has 30 heavy (non-hydrogen) atoms. The molecule has 4 rings (SSSR count). The van der Waals surface area contributed by atoms with Gasteiger partial charge >= 0.3 is 0 Å². The largest absolute Gasteiger partial charge is 0.481 e. The van der Waals surface area contributed by atoms with E-state index in [-0.39, 0.29) is 5.91 Å². The van der Waals surface area contributed by atoms with Crippen LogP contribution in [0.2, 0.25) is 0 Å². The maximum absolute atomic E-state index is 13.1. The van der Waals surface area contributed by atoms with Gasteiger partial charge in [-0.1, -0.05) is 17.7 Å². The van der Waals surface area contributed by atoms with Crippen LogP contribution >= 0.6 is 0 Å². The predicted molar refractivity (Wildman–Crippen MR) is 116 cm³/mol. The molecule has 2 aliphatic heterocycles. The number of sulfonamides is 1. The van der Waals surface area contributed by atoms with Crippen molar-refractivity contribution in [3.8, 4) is 5.75 Å². The lowest BCUT2D eigenvalue weighted by Crippen LogP contribution is -2.43. The van der Waals surface area contributed by atoms with E-state index in [1.807, 2.05) is 31.2 Å². The van der Waals surface area contributed by atoms with Gasteiger partial charge in [-0.25, -0.2) is 8.42 Å². The van der Waals surface area contributed by atoms with Gasteiger partial charge in [-0.05, 0) is 75.4 Å². The van der Waals surface area contributed by atoms with Crippen molar-refractivity contribution in [2.24, 2.45) is 0 Å². The number of carbonyl (C=O) groups excluding carboxylic acids is 1. The maximum Gasteiger partial charge on any atom is 0.267 e. The third-order valence-electron chi connectivity index (χ3n) is 5.82. The summed E-state index contributed by atoms with van der Waals surface area (Å²) in [4.78, 5) is 15.1. The normalized spacial score (nSPS) is 18.1. The fraction of sp³-hybridized carbons (Fsp3) is 0.435. The molecule has 0 aliphatic carbocycles. The first-order valence-corrected chi connectivity index (χ1v) is 12.0. The number of amides is 1. The van der Waals surface area contributed by atoms with Gasteiger partial charge in [0.2, 0.25) is 10.0 Å². The Hall–Kier alpha value is -2.38. The van der Waals surface area contributed by atoms with Crippen LogP contribution in [0.4, 0.5) is 5.69 Å². The molecule has 2 aromatic rings. The molecular formula is C23H28N2O4S. The lowest BCUT2D eigenvalue weighted by Gasteiger charge is -2.32. The monoisotopic (exact) mass is 428 g/mol. The first-order valence-electron chi connectivity index (χ1n) is 10.5. The van der Waals surface area contributed by atoms with E-state index in [0.29, 0.717) is 30.3 Å². The summed E-state index contributed by atoms with van der Waals surface area (Å²) in [6.45, 7) is 5.52. The Morgan fingerprint density at radius 1 is 1.00 bits per heavy atom. The van der Waals surface area contributed by atoms with Crippen molar-refractivity contribution < 1.29 is 17.9 Å². The molecule has 1 fully saturated rings. The molecule has 6 nitrogen and oxygen atoms in total. The lowest BCUT2D eigenvalue weighted by molar-refractivity contribution is -0.124. The summed E-state index contributed by atoms with van der Waals surface area (Å²) >= 11 is 0. The van der Waals surface area contributed by atoms with Gasteiger partial charge in [0.25, 0.3) is 5.91 Å². The van der Waals surface area contributed by atoms with Gasteiger partial charge in [-0.2, -0.15) is 4.31 Å². The lowest BCUT2D eigenvalue weighted by atomic mass is 10.0. The fourth-order valence-electron chi connectivity index (χ4n) is 4.13. The van der Waals surface area contributed by atoms with Crippen LogP contribution in [-0.2, 0) is 21.2 Å². The molecule has 0 spiro atoms. The van der Waals surface area contributed by atoms with Crippen LogP contribution in [0.25, 0.3) is 0 Å². The molecule has 2 aliphatic rings. The van der Waals surface area contributed by atoms with Crippen LogP contribution in [0, 0.1) is 6.92 Å². The van der Waals surface area contributed by atoms with Gasteiger partial charge in [0.1, 0.15) is 5.75 Å². The highest BCUT2D eigenvalue weighted by Gasteiger charge is 2.31. The van der Waals surface area contributed by atoms with Gasteiger partial charge in [0.05, 0.1) is 4.90 Å². The third-order valence-corrected chi connectivity index (χ3v) is 7.71. The van der Waals surface area contributed by atoms with Crippen molar-refractivity contribution in [3.05, 3.63) is 53.6 Å². The molecule has 0 unspecified atom stereocenters. The van der Waals surface area contributed by atoms with E-state index in [4.69, 9.17) is 4.74 Å². The molecule has 160 valence electrons. The predicted octanol–water partition coefficient (Wildman–Crippen LogP) is 3.53. The number of aryl methyl sites for hydroxylation is 2. The number of benzene rings is 2. The number of nitrogens with zero attached hydrogens (tertiary/aromatic N) is 2. The van der Waals surface area contributed by atoms with Gasteiger partial charge in [0, 0.05) is 25.3 Å². The number of fused-ring (bicyclic) bond motifs is 1. The maximum atomic E-state index is 13.1. The molecule has 1 saturated heterocycles. The van der Waals surface area contributed by atoms with E-state index >= 15 is 0 Å². The fourth-order valence-corrected chi connectivity index (χ4v) is 5.70. The second-order valence-corrected chi connectivity index (χ2v) is 10.0. The summed E-state index contributed by atoms with van der Waals surface area (Å²) in [6.07, 6.45) is 2.74. The number of hydrogen-bond donors (Lipinski definition) is 0. The van der Waals surface area contributed by atoms with E-state index in [0.717, 1.165) is 42.5 Å². The van der Waals surface area contributed by atoms with Crippen LogP contribution < -0.4 is 9.64 Å². The van der Waals surface area contributed by atoms with Crippen molar-refractivity contribution in [1.82, 2.24) is 4.31 Å². The van der Waals surface area contributed by atoms with Crippen LogP contribution in [0.15, 0.2) is 47.4 Å². The molecule has 7 heteroatoms. The first kappa shape index (κ1) is 20.9. The van der Waals surface area contributed by atoms with E-state index in [1.165, 1.54) is 0 Å². The van der Waals surface area contributed by atoms with Crippen LogP contribution in [-0.4, -0.2) is 44.4 Å². The zero-order chi connectivity index (χ0) is 21.3. The zero-order valence-corrected chi connectivity index (χ0v) is 18.3. The molecule has 2 aromatic carbocycles. The number of rotatable bonds is 5. The smallest absolute Gasteiger partial charge is 0.267 e. The Morgan fingerprint density at radius 2 is 1.70 bits per heavy atom. The van der Waals surface area contributed by atoms with Crippen molar-refractivity contribution in [2.45, 2.75) is 50.5 Å². The highest BCUT2D eigenvalue weighted by atomic mass is 32.2. The summed E-state index contributed by atoms with van der Waals surface area (Å²) in [6, 6.07) is 12.8. The summed E-state index contributed by atoms with van der Waals surface area (Å²) in [5, 5.41) is 0. The standard InChI is InChI=1S/C23H28N2O4S/c1-17-7-9-20(10-8-17)29-18(2)23(26)25-15-5-6-19-16-21(11-12-22(19)25)30(27,28)24-13-3-4-14-24/h7-12,16,18H,3-6,13-15H2,1-2H3/t18-/m1/s1. The van der Waals surface area contributed by atoms with E-state index in [1.54, 1.807) is 34.3 Å². The average molecular weight is 429 g/mol.